The number of nitrogens with two attached hydrogens (primary N) is 1. The minimum Gasteiger partial charge on any atom is -0.441 e. The van der Waals surface area contributed by atoms with Crippen molar-refractivity contribution in [1.29, 1.82) is 0 Å². The summed E-state index contributed by atoms with van der Waals surface area (Å²) in [7, 11) is 0. The van der Waals surface area contributed by atoms with Crippen molar-refractivity contribution in [2.45, 2.75) is 18.9 Å². The van der Waals surface area contributed by atoms with Gasteiger partial charge in [0.15, 0.2) is 0 Å². The van der Waals surface area contributed by atoms with Crippen LogP contribution in [0.2, 0.25) is 0 Å². The molecule has 1 amide bonds. The van der Waals surface area contributed by atoms with E-state index in [9.17, 15) is 4.79 Å². The van der Waals surface area contributed by atoms with Crippen LogP contribution in [0, 0.1) is 0 Å². The fourth-order valence-corrected chi connectivity index (χ4v) is 2.46. The SMILES string of the molecule is NC(=O)OC1CCc2[nH]c3ccccc3c21. The van der Waals surface area contributed by atoms with E-state index < -0.39 is 6.09 Å². The summed E-state index contributed by atoms with van der Waals surface area (Å²) >= 11 is 0. The molecule has 82 valence electrons. The number of carbonyl (C=O) groups is 1. The molecule has 1 unspecified atom stereocenters. The number of fused-ring (bicyclic) bond motifs is 3. The number of aromatic amines is 1. The van der Waals surface area contributed by atoms with Gasteiger partial charge in [0.2, 0.25) is 0 Å². The van der Waals surface area contributed by atoms with E-state index in [0.29, 0.717) is 0 Å². The molecule has 0 aliphatic heterocycles. The van der Waals surface area contributed by atoms with Gasteiger partial charge in [0.05, 0.1) is 0 Å². The predicted octanol–water partition coefficient (Wildman–Crippen LogP) is 2.25. The number of aromatic nitrogens is 1. The molecule has 0 saturated carbocycles. The molecule has 3 N–H and O–H groups in total. The largest absolute Gasteiger partial charge is 0.441 e. The van der Waals surface area contributed by atoms with E-state index >= 15 is 0 Å². The van der Waals surface area contributed by atoms with Gasteiger partial charge in [0.1, 0.15) is 6.10 Å². The molecule has 1 aliphatic carbocycles. The lowest BCUT2D eigenvalue weighted by Gasteiger charge is -2.10. The number of hydrogen-bond acceptors (Lipinski definition) is 2. The van der Waals surface area contributed by atoms with Crippen molar-refractivity contribution >= 4 is 17.0 Å². The van der Waals surface area contributed by atoms with Crippen LogP contribution in [0.3, 0.4) is 0 Å². The van der Waals surface area contributed by atoms with Crippen LogP contribution in [0.4, 0.5) is 4.79 Å². The number of aryl methyl sites for hydroxylation is 1. The van der Waals surface area contributed by atoms with Crippen molar-refractivity contribution in [2.75, 3.05) is 0 Å². The average molecular weight is 216 g/mol. The standard InChI is InChI=1S/C12H12N2O2/c13-12(15)16-10-6-5-9-11(10)7-3-1-2-4-8(7)14-9/h1-4,10,14H,5-6H2,(H2,13,15). The molecule has 1 heterocycles. The smallest absolute Gasteiger partial charge is 0.405 e. The van der Waals surface area contributed by atoms with Gasteiger partial charge >= 0.3 is 6.09 Å². The van der Waals surface area contributed by atoms with E-state index in [-0.39, 0.29) is 6.10 Å². The highest BCUT2D eigenvalue weighted by atomic mass is 16.6. The zero-order valence-electron chi connectivity index (χ0n) is 8.69. The Balaban J connectivity index is 2.12. The number of nitrogens with one attached hydrogen (secondary N) is 1. The second-order valence-corrected chi connectivity index (χ2v) is 4.03. The van der Waals surface area contributed by atoms with E-state index in [1.165, 1.54) is 0 Å². The summed E-state index contributed by atoms with van der Waals surface area (Å²) < 4.78 is 5.12. The van der Waals surface area contributed by atoms with Gasteiger partial charge in [-0.1, -0.05) is 18.2 Å². The number of ether oxygens (including phenoxy) is 1. The van der Waals surface area contributed by atoms with Crippen molar-refractivity contribution in [3.63, 3.8) is 0 Å². The Morgan fingerprint density at radius 2 is 2.25 bits per heavy atom. The Kier molecular flexibility index (Phi) is 1.89. The zero-order chi connectivity index (χ0) is 11.1. The summed E-state index contributed by atoms with van der Waals surface area (Å²) in [5.74, 6) is 0. The Morgan fingerprint density at radius 3 is 3.06 bits per heavy atom. The van der Waals surface area contributed by atoms with Gasteiger partial charge in [-0.2, -0.15) is 0 Å². The molecule has 2 aromatic rings. The van der Waals surface area contributed by atoms with E-state index in [2.05, 4.69) is 4.98 Å². The van der Waals surface area contributed by atoms with Gasteiger partial charge in [-0.05, 0) is 18.9 Å². The third-order valence-corrected chi connectivity index (χ3v) is 3.06. The molecule has 3 rings (SSSR count). The number of benzene rings is 1. The Labute approximate surface area is 92.4 Å². The van der Waals surface area contributed by atoms with Gasteiger partial charge in [-0.15, -0.1) is 0 Å². The maximum atomic E-state index is 10.8. The van der Waals surface area contributed by atoms with Crippen LogP contribution in [0.15, 0.2) is 24.3 Å². The molecule has 0 fully saturated rings. The van der Waals surface area contributed by atoms with Crippen LogP contribution < -0.4 is 5.73 Å². The van der Waals surface area contributed by atoms with Crippen molar-refractivity contribution in [3.05, 3.63) is 35.5 Å². The molecule has 0 spiro atoms. The van der Waals surface area contributed by atoms with Crippen molar-refractivity contribution in [2.24, 2.45) is 5.73 Å². The highest BCUT2D eigenvalue weighted by molar-refractivity contribution is 5.86. The Morgan fingerprint density at radius 1 is 1.44 bits per heavy atom. The summed E-state index contributed by atoms with van der Waals surface area (Å²) in [6.45, 7) is 0. The molecule has 1 atom stereocenters. The van der Waals surface area contributed by atoms with E-state index in [4.69, 9.17) is 10.5 Å². The third-order valence-electron chi connectivity index (χ3n) is 3.06. The molecular weight excluding hydrogens is 204 g/mol. The first-order valence-corrected chi connectivity index (χ1v) is 5.31. The van der Waals surface area contributed by atoms with Gasteiger partial charge in [0, 0.05) is 22.2 Å². The molecule has 0 saturated heterocycles. The second kappa shape index (κ2) is 3.27. The van der Waals surface area contributed by atoms with E-state index in [1.54, 1.807) is 0 Å². The normalized spacial score (nSPS) is 18.6. The first-order valence-electron chi connectivity index (χ1n) is 5.31. The summed E-state index contributed by atoms with van der Waals surface area (Å²) in [5.41, 5.74) is 8.41. The Hall–Kier alpha value is -1.97. The fraction of sp³-hybridized carbons (Fsp3) is 0.250. The lowest BCUT2D eigenvalue weighted by Crippen LogP contribution is -2.15. The lowest BCUT2D eigenvalue weighted by molar-refractivity contribution is 0.108. The highest BCUT2D eigenvalue weighted by Gasteiger charge is 2.29. The van der Waals surface area contributed by atoms with Crippen LogP contribution in [-0.2, 0) is 11.2 Å². The van der Waals surface area contributed by atoms with Gasteiger partial charge in [0.25, 0.3) is 0 Å². The van der Waals surface area contributed by atoms with Crippen molar-refractivity contribution in [3.8, 4) is 0 Å². The predicted molar refractivity (Wildman–Crippen MR) is 60.0 cm³/mol. The first kappa shape index (κ1) is 9.27. The topological polar surface area (TPSA) is 68.1 Å². The summed E-state index contributed by atoms with van der Waals surface area (Å²) in [5, 5.41) is 1.13. The molecule has 16 heavy (non-hydrogen) atoms. The summed E-state index contributed by atoms with van der Waals surface area (Å²) in [6.07, 6.45) is 0.823. The third kappa shape index (κ3) is 1.26. The van der Waals surface area contributed by atoms with Crippen LogP contribution in [0.1, 0.15) is 23.8 Å². The number of H-pyrrole nitrogens is 1. The number of hydrogen-bond donors (Lipinski definition) is 2. The summed E-state index contributed by atoms with van der Waals surface area (Å²) in [4.78, 5) is 14.2. The highest BCUT2D eigenvalue weighted by Crippen LogP contribution is 2.38. The second-order valence-electron chi connectivity index (χ2n) is 4.03. The first-order chi connectivity index (χ1) is 7.75. The Bertz CT molecular complexity index is 559. The van der Waals surface area contributed by atoms with Gasteiger partial charge in [-0.25, -0.2) is 4.79 Å². The maximum Gasteiger partial charge on any atom is 0.405 e. The molecule has 4 heteroatoms. The quantitative estimate of drug-likeness (QED) is 0.767. The van der Waals surface area contributed by atoms with Crippen molar-refractivity contribution < 1.29 is 9.53 Å². The zero-order valence-corrected chi connectivity index (χ0v) is 8.69. The number of amides is 1. The van der Waals surface area contributed by atoms with Crippen LogP contribution in [-0.4, -0.2) is 11.1 Å². The van der Waals surface area contributed by atoms with E-state index in [0.717, 1.165) is 35.0 Å². The average Bonchev–Trinajstić information content (AvgIpc) is 2.77. The van der Waals surface area contributed by atoms with Crippen molar-refractivity contribution in [1.82, 2.24) is 4.98 Å². The maximum absolute atomic E-state index is 10.8. The molecule has 1 aromatic heterocycles. The molecule has 0 bridgehead atoms. The van der Waals surface area contributed by atoms with Crippen LogP contribution in [0.5, 0.6) is 0 Å². The van der Waals surface area contributed by atoms with Crippen LogP contribution in [0.25, 0.3) is 10.9 Å². The minimum atomic E-state index is -0.705. The molecule has 1 aliphatic rings. The summed E-state index contributed by atoms with van der Waals surface area (Å²) in [6, 6.07) is 8.02. The number of carbonyl (C=O) groups excluding carboxylic acids is 1. The van der Waals surface area contributed by atoms with Gasteiger partial charge < -0.3 is 15.5 Å². The lowest BCUT2D eigenvalue weighted by atomic mass is 10.1. The number of rotatable bonds is 1. The fourth-order valence-electron chi connectivity index (χ4n) is 2.46. The van der Waals surface area contributed by atoms with Gasteiger partial charge in [-0.3, -0.25) is 0 Å². The number of para-hydroxylation sites is 1. The monoisotopic (exact) mass is 216 g/mol. The molecule has 1 aromatic carbocycles. The van der Waals surface area contributed by atoms with E-state index in [1.807, 2.05) is 24.3 Å². The number of primary amides is 1. The van der Waals surface area contributed by atoms with Crippen LogP contribution >= 0.6 is 0 Å². The molecule has 4 nitrogen and oxygen atoms in total. The molecular formula is C12H12N2O2. The minimum absolute atomic E-state index is 0.191. The molecule has 0 radical (unpaired) electrons.